The van der Waals surface area contributed by atoms with E-state index in [0.717, 1.165) is 61.2 Å². The second-order valence-electron chi connectivity index (χ2n) is 11.9. The van der Waals surface area contributed by atoms with Gasteiger partial charge in [-0.3, -0.25) is 4.57 Å². The van der Waals surface area contributed by atoms with Gasteiger partial charge < -0.3 is 9.32 Å². The summed E-state index contributed by atoms with van der Waals surface area (Å²) in [5.74, 6) is 0.728. The van der Waals surface area contributed by atoms with E-state index in [2.05, 4.69) is 142 Å². The van der Waals surface area contributed by atoms with Crippen molar-refractivity contribution in [1.82, 2.24) is 14.5 Å². The summed E-state index contributed by atoms with van der Waals surface area (Å²) < 4.78 is 8.60. The molecule has 5 nitrogen and oxygen atoms in total. The van der Waals surface area contributed by atoms with Gasteiger partial charge in [0, 0.05) is 33.2 Å². The predicted octanol–water partition coefficient (Wildman–Crippen LogP) is 11.2. The summed E-state index contributed by atoms with van der Waals surface area (Å²) in [6.45, 7) is 0. The van der Waals surface area contributed by atoms with Crippen molar-refractivity contribution in [3.05, 3.63) is 158 Å². The maximum Gasteiger partial charge on any atom is 0.197 e. The molecule has 3 aromatic heterocycles. The monoisotopic (exact) mass is 602 g/mol. The molecule has 0 aliphatic carbocycles. The van der Waals surface area contributed by atoms with E-state index in [9.17, 15) is 0 Å². The van der Waals surface area contributed by atoms with Crippen LogP contribution in [-0.2, 0) is 0 Å². The number of rotatable bonds is 4. The molecule has 3 heterocycles. The van der Waals surface area contributed by atoms with E-state index in [1.165, 1.54) is 21.5 Å². The third-order valence-electron chi connectivity index (χ3n) is 9.25. The van der Waals surface area contributed by atoms with Crippen molar-refractivity contribution in [2.75, 3.05) is 4.90 Å². The lowest BCUT2D eigenvalue weighted by Crippen LogP contribution is -2.10. The van der Waals surface area contributed by atoms with Crippen LogP contribution < -0.4 is 4.90 Å². The van der Waals surface area contributed by atoms with Gasteiger partial charge in [0.25, 0.3) is 0 Å². The normalized spacial score (nSPS) is 11.8. The number of hydrogen-bond acceptors (Lipinski definition) is 4. The van der Waals surface area contributed by atoms with Crippen molar-refractivity contribution in [2.24, 2.45) is 0 Å². The fourth-order valence-corrected chi connectivity index (χ4v) is 7.08. The largest absolute Gasteiger partial charge is 0.450 e. The van der Waals surface area contributed by atoms with Gasteiger partial charge in [-0.2, -0.15) is 0 Å². The van der Waals surface area contributed by atoms with Crippen LogP contribution in [0.3, 0.4) is 0 Å². The molecule has 10 aromatic rings. The lowest BCUT2D eigenvalue weighted by Gasteiger charge is -2.26. The van der Waals surface area contributed by atoms with Crippen molar-refractivity contribution < 1.29 is 4.42 Å². The molecule has 0 aliphatic heterocycles. The van der Waals surface area contributed by atoms with Gasteiger partial charge in [-0.05, 0) is 82.2 Å². The first-order chi connectivity index (χ1) is 23.3. The average molecular weight is 603 g/mol. The van der Waals surface area contributed by atoms with E-state index in [0.29, 0.717) is 5.58 Å². The lowest BCUT2D eigenvalue weighted by atomic mass is 10.1. The van der Waals surface area contributed by atoms with E-state index in [1.54, 1.807) is 6.33 Å². The van der Waals surface area contributed by atoms with Crippen molar-refractivity contribution in [3.8, 4) is 5.82 Å². The van der Waals surface area contributed by atoms with E-state index in [-0.39, 0.29) is 0 Å². The van der Waals surface area contributed by atoms with Crippen LogP contribution in [0.15, 0.2) is 162 Å². The minimum Gasteiger partial charge on any atom is -0.450 e. The number of benzene rings is 7. The zero-order valence-corrected chi connectivity index (χ0v) is 25.2. The van der Waals surface area contributed by atoms with Crippen molar-refractivity contribution in [2.45, 2.75) is 0 Å². The molecule has 0 fully saturated rings. The van der Waals surface area contributed by atoms with Gasteiger partial charge in [0.15, 0.2) is 11.4 Å². The van der Waals surface area contributed by atoms with Gasteiger partial charge in [0.2, 0.25) is 0 Å². The van der Waals surface area contributed by atoms with Crippen LogP contribution in [0.2, 0.25) is 0 Å². The Balaban J connectivity index is 1.23. The number of fused-ring (bicyclic) bond motifs is 8. The van der Waals surface area contributed by atoms with E-state index in [1.807, 2.05) is 24.3 Å². The molecule has 0 saturated heterocycles. The summed E-state index contributed by atoms with van der Waals surface area (Å²) in [6, 6.07) is 53.7. The molecule has 47 heavy (non-hydrogen) atoms. The molecule has 0 saturated carbocycles. The van der Waals surface area contributed by atoms with Gasteiger partial charge in [0.1, 0.15) is 17.4 Å². The minimum atomic E-state index is 0.675. The van der Waals surface area contributed by atoms with Crippen molar-refractivity contribution >= 4 is 82.5 Å². The van der Waals surface area contributed by atoms with Crippen LogP contribution in [0.1, 0.15) is 0 Å². The highest BCUT2D eigenvalue weighted by atomic mass is 16.3. The zero-order valence-electron chi connectivity index (χ0n) is 25.2. The van der Waals surface area contributed by atoms with Gasteiger partial charge in [-0.1, -0.05) is 91.0 Å². The summed E-state index contributed by atoms with van der Waals surface area (Å²) in [4.78, 5) is 11.8. The molecule has 10 rings (SSSR count). The second kappa shape index (κ2) is 10.0. The van der Waals surface area contributed by atoms with Crippen LogP contribution in [0.5, 0.6) is 0 Å². The SMILES string of the molecule is c1ccc2cc(N(c3ccc4ccccc4c3)c3ccc4c(c3)c3ccccc3n4-c3ncnc4c3oc3ccccc34)ccc2c1. The summed E-state index contributed by atoms with van der Waals surface area (Å²) >= 11 is 0. The number of para-hydroxylation sites is 2. The van der Waals surface area contributed by atoms with Crippen LogP contribution in [0.25, 0.3) is 71.2 Å². The topological polar surface area (TPSA) is 47.1 Å². The third-order valence-corrected chi connectivity index (χ3v) is 9.25. The molecular formula is C42H26N4O. The van der Waals surface area contributed by atoms with E-state index in [4.69, 9.17) is 9.40 Å². The fourth-order valence-electron chi connectivity index (χ4n) is 7.08. The lowest BCUT2D eigenvalue weighted by molar-refractivity contribution is 0.662. The fraction of sp³-hybridized carbons (Fsp3) is 0. The first-order valence-electron chi connectivity index (χ1n) is 15.7. The minimum absolute atomic E-state index is 0.675. The number of nitrogens with zero attached hydrogens (tertiary/aromatic N) is 4. The molecule has 0 spiro atoms. The first-order valence-corrected chi connectivity index (χ1v) is 15.7. The molecule has 0 atom stereocenters. The highest BCUT2D eigenvalue weighted by Gasteiger charge is 2.21. The van der Waals surface area contributed by atoms with Gasteiger partial charge in [-0.15, -0.1) is 0 Å². The number of furan rings is 1. The zero-order chi connectivity index (χ0) is 30.9. The van der Waals surface area contributed by atoms with Crippen LogP contribution in [0.4, 0.5) is 17.1 Å². The van der Waals surface area contributed by atoms with Crippen molar-refractivity contribution in [3.63, 3.8) is 0 Å². The molecule has 0 bridgehead atoms. The highest BCUT2D eigenvalue weighted by molar-refractivity contribution is 6.12. The third kappa shape index (κ3) is 3.97. The molecule has 5 heteroatoms. The van der Waals surface area contributed by atoms with Gasteiger partial charge in [0.05, 0.1) is 11.0 Å². The number of hydrogen-bond donors (Lipinski definition) is 0. The van der Waals surface area contributed by atoms with Gasteiger partial charge in [-0.25, -0.2) is 9.97 Å². The Morgan fingerprint density at radius 3 is 1.79 bits per heavy atom. The molecule has 0 unspecified atom stereocenters. The summed E-state index contributed by atoms with van der Waals surface area (Å²) in [5.41, 5.74) is 7.66. The average Bonchev–Trinajstić information content (AvgIpc) is 3.67. The molecule has 0 aliphatic rings. The van der Waals surface area contributed by atoms with Crippen LogP contribution in [-0.4, -0.2) is 14.5 Å². The van der Waals surface area contributed by atoms with Gasteiger partial charge >= 0.3 is 0 Å². The molecule has 0 amide bonds. The van der Waals surface area contributed by atoms with Crippen LogP contribution in [0, 0.1) is 0 Å². The summed E-state index contributed by atoms with van der Waals surface area (Å²) in [7, 11) is 0. The van der Waals surface area contributed by atoms with E-state index >= 15 is 0 Å². The first kappa shape index (κ1) is 25.8. The molecule has 0 radical (unpaired) electrons. The van der Waals surface area contributed by atoms with E-state index < -0.39 is 0 Å². The summed E-state index contributed by atoms with van der Waals surface area (Å²) in [5, 5.41) is 8.09. The maximum atomic E-state index is 6.40. The molecule has 0 N–H and O–H groups in total. The Bertz CT molecular complexity index is 2750. The molecule has 220 valence electrons. The molecular weight excluding hydrogens is 576 g/mol. The second-order valence-corrected chi connectivity index (χ2v) is 11.9. The van der Waals surface area contributed by atoms with Crippen molar-refractivity contribution in [1.29, 1.82) is 0 Å². The predicted molar refractivity (Wildman–Crippen MR) is 193 cm³/mol. The standard InChI is InChI=1S/C42H26N4O/c1-3-11-29-23-31(19-17-27(29)9-1)45(32-20-18-28-10-2-4-12-30(28)24-32)33-21-22-38-36(25-33)34-13-5-7-15-37(34)46(38)42-41-40(43-26-44-42)35-14-6-8-16-39(35)47-41/h1-26H. The Kier molecular flexibility index (Phi) is 5.51. The Morgan fingerprint density at radius 1 is 0.468 bits per heavy atom. The quantitative estimate of drug-likeness (QED) is 0.201. The summed E-state index contributed by atoms with van der Waals surface area (Å²) in [6.07, 6.45) is 1.63. The Morgan fingerprint density at radius 2 is 1.04 bits per heavy atom. The van der Waals surface area contributed by atoms with Crippen LogP contribution >= 0.6 is 0 Å². The molecule has 7 aromatic carbocycles. The number of aromatic nitrogens is 3. The smallest absolute Gasteiger partial charge is 0.197 e. The Hall–Kier alpha value is -6.46. The highest BCUT2D eigenvalue weighted by Crippen LogP contribution is 2.42. The maximum absolute atomic E-state index is 6.40. The number of anilines is 3. The Labute approximate surface area is 269 Å².